The van der Waals surface area contributed by atoms with Gasteiger partial charge in [-0.3, -0.25) is 0 Å². The molecule has 1 rings (SSSR count). The zero-order valence-corrected chi connectivity index (χ0v) is 10.9. The van der Waals surface area contributed by atoms with Crippen LogP contribution >= 0.6 is 0 Å². The van der Waals surface area contributed by atoms with Gasteiger partial charge in [0.1, 0.15) is 0 Å². The Hall–Kier alpha value is -0.820. The minimum Gasteiger partial charge on any atom is -0.313 e. The Bertz CT molecular complexity index is 274. The zero-order chi connectivity index (χ0) is 11.8. The Balaban J connectivity index is 2.33. The van der Waals surface area contributed by atoms with Gasteiger partial charge in [0, 0.05) is 6.54 Å². The average molecular weight is 219 g/mol. The maximum Gasteiger partial charge on any atom is 0.0205 e. The average Bonchev–Trinajstić information content (AvgIpc) is 2.26. The van der Waals surface area contributed by atoms with Crippen LogP contribution in [0.4, 0.5) is 0 Å². The van der Waals surface area contributed by atoms with Crippen LogP contribution in [0, 0.1) is 5.92 Å². The predicted octanol–water partition coefficient (Wildman–Crippen LogP) is 3.77. The smallest absolute Gasteiger partial charge is 0.0205 e. The molecular formula is C15H25N. The minimum atomic E-state index is 0.744. The number of nitrogens with one attached hydrogen (secondary N) is 1. The van der Waals surface area contributed by atoms with Crippen molar-refractivity contribution in [2.24, 2.45) is 5.92 Å². The summed E-state index contributed by atoms with van der Waals surface area (Å²) in [6, 6.07) is 9.01. The SMILES string of the molecule is CCCCNCc1ccc(CC(C)C)cc1. The van der Waals surface area contributed by atoms with E-state index >= 15 is 0 Å². The van der Waals surface area contributed by atoms with Crippen LogP contribution in [0.25, 0.3) is 0 Å². The van der Waals surface area contributed by atoms with Crippen LogP contribution in [0.5, 0.6) is 0 Å². The fourth-order valence-corrected chi connectivity index (χ4v) is 1.80. The van der Waals surface area contributed by atoms with Crippen molar-refractivity contribution in [3.05, 3.63) is 35.4 Å². The lowest BCUT2D eigenvalue weighted by molar-refractivity contribution is 0.638. The van der Waals surface area contributed by atoms with Crippen molar-refractivity contribution in [3.63, 3.8) is 0 Å². The van der Waals surface area contributed by atoms with E-state index < -0.39 is 0 Å². The van der Waals surface area contributed by atoms with E-state index in [0.29, 0.717) is 0 Å². The molecule has 90 valence electrons. The topological polar surface area (TPSA) is 12.0 Å². The Morgan fingerprint density at radius 1 is 1.06 bits per heavy atom. The van der Waals surface area contributed by atoms with Crippen molar-refractivity contribution in [1.29, 1.82) is 0 Å². The second kappa shape index (κ2) is 7.45. The summed E-state index contributed by atoms with van der Waals surface area (Å²) in [7, 11) is 0. The summed E-state index contributed by atoms with van der Waals surface area (Å²) in [5, 5.41) is 3.46. The molecule has 0 fully saturated rings. The summed E-state index contributed by atoms with van der Waals surface area (Å²) in [6.07, 6.45) is 3.72. The Morgan fingerprint density at radius 2 is 1.69 bits per heavy atom. The van der Waals surface area contributed by atoms with Gasteiger partial charge < -0.3 is 5.32 Å². The molecule has 0 unspecified atom stereocenters. The summed E-state index contributed by atoms with van der Waals surface area (Å²) in [6.45, 7) is 8.88. The third kappa shape index (κ3) is 5.32. The molecule has 0 aromatic heterocycles. The summed E-state index contributed by atoms with van der Waals surface area (Å²) in [4.78, 5) is 0. The minimum absolute atomic E-state index is 0.744. The maximum absolute atomic E-state index is 3.46. The third-order valence-corrected chi connectivity index (χ3v) is 2.70. The molecule has 0 aliphatic carbocycles. The molecular weight excluding hydrogens is 194 g/mol. The largest absolute Gasteiger partial charge is 0.313 e. The van der Waals surface area contributed by atoms with Crippen molar-refractivity contribution in [2.45, 2.75) is 46.6 Å². The van der Waals surface area contributed by atoms with Crippen molar-refractivity contribution in [2.75, 3.05) is 6.54 Å². The van der Waals surface area contributed by atoms with Gasteiger partial charge >= 0.3 is 0 Å². The van der Waals surface area contributed by atoms with E-state index in [9.17, 15) is 0 Å². The lowest BCUT2D eigenvalue weighted by atomic mass is 10.0. The van der Waals surface area contributed by atoms with Gasteiger partial charge in [-0.25, -0.2) is 0 Å². The monoisotopic (exact) mass is 219 g/mol. The molecule has 1 aromatic carbocycles. The van der Waals surface area contributed by atoms with Crippen LogP contribution in [0.2, 0.25) is 0 Å². The van der Waals surface area contributed by atoms with Gasteiger partial charge in [0.2, 0.25) is 0 Å². The fourth-order valence-electron chi connectivity index (χ4n) is 1.80. The van der Waals surface area contributed by atoms with Crippen molar-refractivity contribution in [1.82, 2.24) is 5.32 Å². The van der Waals surface area contributed by atoms with Crippen LogP contribution < -0.4 is 5.32 Å². The molecule has 0 amide bonds. The van der Waals surface area contributed by atoms with Crippen molar-refractivity contribution >= 4 is 0 Å². The molecule has 0 bridgehead atoms. The quantitative estimate of drug-likeness (QED) is 0.688. The molecule has 0 aliphatic heterocycles. The van der Waals surface area contributed by atoms with E-state index in [1.807, 2.05) is 0 Å². The third-order valence-electron chi connectivity index (χ3n) is 2.70. The van der Waals surface area contributed by atoms with E-state index in [1.54, 1.807) is 0 Å². The second-order valence-electron chi connectivity index (χ2n) is 4.94. The van der Waals surface area contributed by atoms with Gasteiger partial charge in [-0.05, 0) is 36.4 Å². The van der Waals surface area contributed by atoms with Crippen LogP contribution in [-0.4, -0.2) is 6.54 Å². The van der Waals surface area contributed by atoms with Gasteiger partial charge in [0.05, 0.1) is 0 Å². The van der Waals surface area contributed by atoms with Gasteiger partial charge in [-0.2, -0.15) is 0 Å². The highest BCUT2D eigenvalue weighted by molar-refractivity contribution is 5.22. The molecule has 0 saturated heterocycles. The predicted molar refractivity (Wildman–Crippen MR) is 71.6 cm³/mol. The number of rotatable bonds is 7. The highest BCUT2D eigenvalue weighted by Crippen LogP contribution is 2.09. The molecule has 0 radical (unpaired) electrons. The van der Waals surface area contributed by atoms with Gasteiger partial charge in [-0.1, -0.05) is 51.5 Å². The first kappa shape index (κ1) is 13.2. The molecule has 0 spiro atoms. The lowest BCUT2D eigenvalue weighted by Gasteiger charge is -2.07. The highest BCUT2D eigenvalue weighted by atomic mass is 14.8. The standard InChI is InChI=1S/C15H25N/c1-4-5-10-16-12-15-8-6-14(7-9-15)11-13(2)3/h6-9,13,16H,4-5,10-12H2,1-3H3. The number of benzene rings is 1. The molecule has 1 nitrogen and oxygen atoms in total. The maximum atomic E-state index is 3.46. The Labute approximate surface area is 100 Å². The number of hydrogen-bond donors (Lipinski definition) is 1. The van der Waals surface area contributed by atoms with Gasteiger partial charge in [0.15, 0.2) is 0 Å². The van der Waals surface area contributed by atoms with Gasteiger partial charge in [0.25, 0.3) is 0 Å². The first-order valence-electron chi connectivity index (χ1n) is 6.51. The first-order chi connectivity index (χ1) is 7.72. The number of hydrogen-bond acceptors (Lipinski definition) is 1. The van der Waals surface area contributed by atoms with E-state index in [-0.39, 0.29) is 0 Å². The molecule has 0 saturated carbocycles. The molecule has 0 heterocycles. The lowest BCUT2D eigenvalue weighted by Crippen LogP contribution is -2.14. The van der Waals surface area contributed by atoms with Crippen LogP contribution in [0.15, 0.2) is 24.3 Å². The first-order valence-corrected chi connectivity index (χ1v) is 6.51. The van der Waals surface area contributed by atoms with Crippen LogP contribution in [-0.2, 0) is 13.0 Å². The summed E-state index contributed by atoms with van der Waals surface area (Å²) >= 11 is 0. The van der Waals surface area contributed by atoms with E-state index in [0.717, 1.165) is 19.0 Å². The van der Waals surface area contributed by atoms with E-state index in [2.05, 4.69) is 50.4 Å². The molecule has 16 heavy (non-hydrogen) atoms. The summed E-state index contributed by atoms with van der Waals surface area (Å²) < 4.78 is 0. The Morgan fingerprint density at radius 3 is 2.25 bits per heavy atom. The van der Waals surface area contributed by atoms with Crippen molar-refractivity contribution < 1.29 is 0 Å². The van der Waals surface area contributed by atoms with E-state index in [4.69, 9.17) is 0 Å². The van der Waals surface area contributed by atoms with Crippen LogP contribution in [0.3, 0.4) is 0 Å². The Kier molecular flexibility index (Phi) is 6.17. The fraction of sp³-hybridized carbons (Fsp3) is 0.600. The summed E-state index contributed by atoms with van der Waals surface area (Å²) in [5.41, 5.74) is 2.84. The summed E-state index contributed by atoms with van der Waals surface area (Å²) in [5.74, 6) is 0.744. The molecule has 1 N–H and O–H groups in total. The molecule has 1 aromatic rings. The highest BCUT2D eigenvalue weighted by Gasteiger charge is 1.98. The number of unbranched alkanes of at least 4 members (excludes halogenated alkanes) is 1. The van der Waals surface area contributed by atoms with Crippen molar-refractivity contribution in [3.8, 4) is 0 Å². The molecule has 0 atom stereocenters. The normalized spacial score (nSPS) is 11.0. The zero-order valence-electron chi connectivity index (χ0n) is 10.9. The van der Waals surface area contributed by atoms with Gasteiger partial charge in [-0.15, -0.1) is 0 Å². The second-order valence-corrected chi connectivity index (χ2v) is 4.94. The molecule has 1 heteroatoms. The van der Waals surface area contributed by atoms with E-state index in [1.165, 1.54) is 30.4 Å². The molecule has 0 aliphatic rings. The van der Waals surface area contributed by atoms with Crippen LogP contribution in [0.1, 0.15) is 44.7 Å².